The molecule has 0 saturated carbocycles. The maximum Gasteiger partial charge on any atom is 0.410 e. The molecule has 1 aliphatic heterocycles. The molecule has 1 aromatic rings. The third-order valence-electron chi connectivity index (χ3n) is 2.36. The van der Waals surface area contributed by atoms with Gasteiger partial charge >= 0.3 is 11.9 Å². The largest absolute Gasteiger partial charge is 0.410 e. The average Bonchev–Trinajstić information content (AvgIpc) is 2.58. The predicted molar refractivity (Wildman–Crippen MR) is 47.1 cm³/mol. The Morgan fingerprint density at radius 2 is 2.31 bits per heavy atom. The standard InChI is InChI=1S/C7H7F3N4O2/c8-7(9,10)5-1-2-11-6-4(14(15)16)3-12-13(5)6/h3,5,11H,1-2H2. The molecule has 0 radical (unpaired) electrons. The molecule has 0 aliphatic carbocycles. The third kappa shape index (κ3) is 1.57. The summed E-state index contributed by atoms with van der Waals surface area (Å²) in [6, 6.07) is -1.79. The van der Waals surface area contributed by atoms with Crippen molar-refractivity contribution in [3.8, 4) is 0 Å². The Bertz CT molecular complexity index is 428. The Hall–Kier alpha value is -1.80. The topological polar surface area (TPSA) is 73.0 Å². The molecule has 0 aromatic carbocycles. The second-order valence-corrected chi connectivity index (χ2v) is 3.35. The van der Waals surface area contributed by atoms with Crippen molar-refractivity contribution in [2.75, 3.05) is 11.9 Å². The van der Waals surface area contributed by atoms with E-state index in [0.717, 1.165) is 6.20 Å². The van der Waals surface area contributed by atoms with E-state index in [1.807, 2.05) is 0 Å². The lowest BCUT2D eigenvalue weighted by Crippen LogP contribution is -2.34. The molecule has 2 rings (SSSR count). The first-order valence-electron chi connectivity index (χ1n) is 4.43. The maximum atomic E-state index is 12.6. The summed E-state index contributed by atoms with van der Waals surface area (Å²) in [5.74, 6) is -0.182. The number of nitro groups is 1. The fourth-order valence-corrected chi connectivity index (χ4v) is 1.65. The van der Waals surface area contributed by atoms with E-state index in [1.165, 1.54) is 0 Å². The van der Waals surface area contributed by atoms with Crippen LogP contribution in [0.1, 0.15) is 12.5 Å². The SMILES string of the molecule is O=[N+]([O-])c1cnn2c1NCCC2C(F)(F)F. The molecule has 1 atom stereocenters. The third-order valence-corrected chi connectivity index (χ3v) is 2.36. The number of nitrogens with one attached hydrogen (secondary N) is 1. The minimum Gasteiger partial charge on any atom is -0.364 e. The Balaban J connectivity index is 2.45. The molecular weight excluding hydrogens is 229 g/mol. The summed E-state index contributed by atoms with van der Waals surface area (Å²) >= 11 is 0. The number of hydrogen-bond donors (Lipinski definition) is 1. The number of aromatic nitrogens is 2. The van der Waals surface area contributed by atoms with E-state index in [9.17, 15) is 23.3 Å². The van der Waals surface area contributed by atoms with E-state index in [1.54, 1.807) is 0 Å². The van der Waals surface area contributed by atoms with Crippen molar-refractivity contribution in [3.63, 3.8) is 0 Å². The van der Waals surface area contributed by atoms with Gasteiger partial charge < -0.3 is 5.32 Å². The van der Waals surface area contributed by atoms with Gasteiger partial charge in [-0.2, -0.15) is 18.3 Å². The summed E-state index contributed by atoms with van der Waals surface area (Å²) in [5.41, 5.74) is -0.436. The molecule has 0 bridgehead atoms. The van der Waals surface area contributed by atoms with Crippen molar-refractivity contribution in [1.82, 2.24) is 9.78 Å². The van der Waals surface area contributed by atoms with Gasteiger partial charge in [0, 0.05) is 6.54 Å². The zero-order valence-corrected chi connectivity index (χ0v) is 7.86. The minimum atomic E-state index is -4.45. The molecule has 0 amide bonds. The van der Waals surface area contributed by atoms with E-state index >= 15 is 0 Å². The molecule has 6 nitrogen and oxygen atoms in total. The summed E-state index contributed by atoms with van der Waals surface area (Å²) in [6.07, 6.45) is -3.81. The van der Waals surface area contributed by atoms with Gasteiger partial charge in [0.15, 0.2) is 6.04 Å². The van der Waals surface area contributed by atoms with E-state index in [2.05, 4.69) is 10.4 Å². The van der Waals surface area contributed by atoms with E-state index < -0.39 is 22.8 Å². The van der Waals surface area contributed by atoms with Gasteiger partial charge in [0.1, 0.15) is 6.20 Å². The highest BCUT2D eigenvalue weighted by atomic mass is 19.4. The quantitative estimate of drug-likeness (QED) is 0.595. The van der Waals surface area contributed by atoms with Crippen LogP contribution in [0, 0.1) is 10.1 Å². The fourth-order valence-electron chi connectivity index (χ4n) is 1.65. The number of alkyl halides is 3. The van der Waals surface area contributed by atoms with E-state index in [0.29, 0.717) is 4.68 Å². The lowest BCUT2D eigenvalue weighted by atomic mass is 10.1. The number of rotatable bonds is 1. The van der Waals surface area contributed by atoms with Crippen LogP contribution >= 0.6 is 0 Å². The average molecular weight is 236 g/mol. The molecule has 1 aliphatic rings. The van der Waals surface area contributed by atoms with Gasteiger partial charge in [-0.05, 0) is 6.42 Å². The first-order valence-corrected chi connectivity index (χ1v) is 4.43. The minimum absolute atomic E-state index is 0.0384. The van der Waals surface area contributed by atoms with Crippen molar-refractivity contribution >= 4 is 11.5 Å². The Kier molecular flexibility index (Phi) is 2.25. The molecule has 0 saturated heterocycles. The molecule has 9 heteroatoms. The van der Waals surface area contributed by atoms with Crippen LogP contribution in [0.25, 0.3) is 0 Å². The number of nitrogens with zero attached hydrogens (tertiary/aromatic N) is 3. The van der Waals surface area contributed by atoms with Crippen LogP contribution in [-0.4, -0.2) is 27.4 Å². The van der Waals surface area contributed by atoms with Crippen LogP contribution in [0.2, 0.25) is 0 Å². The lowest BCUT2D eigenvalue weighted by molar-refractivity contribution is -0.384. The highest BCUT2D eigenvalue weighted by molar-refractivity contribution is 5.56. The molecule has 1 unspecified atom stereocenters. The summed E-state index contributed by atoms with van der Waals surface area (Å²) in [5, 5.41) is 16.5. The molecule has 2 heterocycles. The summed E-state index contributed by atoms with van der Waals surface area (Å²) in [7, 11) is 0. The summed E-state index contributed by atoms with van der Waals surface area (Å²) in [4.78, 5) is 9.76. The number of anilines is 1. The van der Waals surface area contributed by atoms with E-state index in [-0.39, 0.29) is 18.8 Å². The fraction of sp³-hybridized carbons (Fsp3) is 0.571. The van der Waals surface area contributed by atoms with Gasteiger partial charge in [-0.1, -0.05) is 0 Å². The van der Waals surface area contributed by atoms with Gasteiger partial charge in [-0.15, -0.1) is 0 Å². The molecule has 1 N–H and O–H groups in total. The normalized spacial score (nSPS) is 20.1. The molecule has 16 heavy (non-hydrogen) atoms. The van der Waals surface area contributed by atoms with Crippen LogP contribution in [-0.2, 0) is 0 Å². The van der Waals surface area contributed by atoms with Gasteiger partial charge in [0.05, 0.1) is 4.92 Å². The highest BCUT2D eigenvalue weighted by Gasteiger charge is 2.45. The Morgan fingerprint density at radius 3 is 2.88 bits per heavy atom. The van der Waals surface area contributed by atoms with Crippen molar-refractivity contribution < 1.29 is 18.1 Å². The zero-order chi connectivity index (χ0) is 11.9. The molecule has 88 valence electrons. The number of fused-ring (bicyclic) bond motifs is 1. The van der Waals surface area contributed by atoms with Gasteiger partial charge in [0.25, 0.3) is 0 Å². The van der Waals surface area contributed by atoms with Crippen molar-refractivity contribution in [3.05, 3.63) is 16.3 Å². The molecular formula is C7H7F3N4O2. The van der Waals surface area contributed by atoms with Crippen LogP contribution in [0.3, 0.4) is 0 Å². The highest BCUT2D eigenvalue weighted by Crippen LogP contribution is 2.39. The Labute approximate surface area is 87.2 Å². The van der Waals surface area contributed by atoms with Crippen LogP contribution in [0.5, 0.6) is 0 Å². The second kappa shape index (κ2) is 3.35. The smallest absolute Gasteiger partial charge is 0.364 e. The predicted octanol–water partition coefficient (Wildman–Crippen LogP) is 1.71. The zero-order valence-electron chi connectivity index (χ0n) is 7.86. The second-order valence-electron chi connectivity index (χ2n) is 3.35. The van der Waals surface area contributed by atoms with E-state index in [4.69, 9.17) is 0 Å². The van der Waals surface area contributed by atoms with Crippen molar-refractivity contribution in [2.24, 2.45) is 0 Å². The number of hydrogen-bond acceptors (Lipinski definition) is 4. The van der Waals surface area contributed by atoms with Gasteiger partial charge in [-0.3, -0.25) is 10.1 Å². The molecule has 0 spiro atoms. The first kappa shape index (κ1) is 10.7. The molecule has 1 aromatic heterocycles. The van der Waals surface area contributed by atoms with Crippen LogP contribution in [0.4, 0.5) is 24.7 Å². The van der Waals surface area contributed by atoms with Crippen LogP contribution < -0.4 is 5.32 Å². The Morgan fingerprint density at radius 1 is 1.62 bits per heavy atom. The first-order chi connectivity index (χ1) is 7.41. The number of halogens is 3. The monoisotopic (exact) mass is 236 g/mol. The summed E-state index contributed by atoms with van der Waals surface area (Å²) in [6.45, 7) is 0.0384. The van der Waals surface area contributed by atoms with Crippen molar-refractivity contribution in [1.29, 1.82) is 0 Å². The van der Waals surface area contributed by atoms with Gasteiger partial charge in [0.2, 0.25) is 5.82 Å². The molecule has 0 fully saturated rings. The van der Waals surface area contributed by atoms with Crippen molar-refractivity contribution in [2.45, 2.75) is 18.6 Å². The maximum absolute atomic E-state index is 12.6. The van der Waals surface area contributed by atoms with Crippen LogP contribution in [0.15, 0.2) is 6.20 Å². The summed E-state index contributed by atoms with van der Waals surface area (Å²) < 4.78 is 38.3. The van der Waals surface area contributed by atoms with Gasteiger partial charge in [-0.25, -0.2) is 4.68 Å². The lowest BCUT2D eigenvalue weighted by Gasteiger charge is -2.26.